The lowest BCUT2D eigenvalue weighted by atomic mass is 10.0. The largest absolute Gasteiger partial charge is 0.756 e. The first-order valence-corrected chi connectivity index (χ1v) is 28.9. The van der Waals surface area contributed by atoms with Gasteiger partial charge in [-0.3, -0.25) is 9.36 Å². The average molecular weight is 957 g/mol. The van der Waals surface area contributed by atoms with Crippen molar-refractivity contribution in [2.45, 2.75) is 238 Å². The molecule has 0 aromatic heterocycles. The summed E-state index contributed by atoms with van der Waals surface area (Å²) in [6.07, 6.45) is 68.6. The number of phosphoric ester groups is 1. The summed E-state index contributed by atoms with van der Waals surface area (Å²) in [7, 11) is 1.18. The highest BCUT2D eigenvalue weighted by Gasteiger charge is 2.23. The van der Waals surface area contributed by atoms with Gasteiger partial charge in [0.05, 0.1) is 39.9 Å². The van der Waals surface area contributed by atoms with Crippen LogP contribution in [0.15, 0.2) is 85.1 Å². The normalized spacial score (nSPS) is 14.7. The summed E-state index contributed by atoms with van der Waals surface area (Å²) in [5, 5.41) is 13.7. The number of amides is 1. The first-order valence-electron chi connectivity index (χ1n) is 27.4. The Hall–Kier alpha value is -2.32. The van der Waals surface area contributed by atoms with E-state index < -0.39 is 26.6 Å². The van der Waals surface area contributed by atoms with Gasteiger partial charge in [0.15, 0.2) is 0 Å². The van der Waals surface area contributed by atoms with Gasteiger partial charge in [-0.15, -0.1) is 0 Å². The van der Waals surface area contributed by atoms with Crippen molar-refractivity contribution < 1.29 is 32.9 Å². The molecule has 3 atom stereocenters. The van der Waals surface area contributed by atoms with E-state index in [1.807, 2.05) is 33.3 Å². The van der Waals surface area contributed by atoms with Crippen LogP contribution in [-0.2, 0) is 18.4 Å². The Kier molecular flexibility index (Phi) is 47.0. The van der Waals surface area contributed by atoms with Gasteiger partial charge in [-0.2, -0.15) is 0 Å². The quantitative estimate of drug-likeness (QED) is 0.0272. The number of hydrogen-bond acceptors (Lipinski definition) is 6. The Labute approximate surface area is 414 Å². The van der Waals surface area contributed by atoms with Gasteiger partial charge in [-0.25, -0.2) is 0 Å². The van der Waals surface area contributed by atoms with Gasteiger partial charge in [0.25, 0.3) is 7.82 Å². The Morgan fingerprint density at radius 3 is 1.36 bits per heavy atom. The number of phosphoric acid groups is 1. The van der Waals surface area contributed by atoms with Crippen LogP contribution >= 0.6 is 7.82 Å². The molecule has 8 nitrogen and oxygen atoms in total. The van der Waals surface area contributed by atoms with Crippen molar-refractivity contribution in [1.29, 1.82) is 0 Å². The van der Waals surface area contributed by atoms with Crippen LogP contribution in [0.1, 0.15) is 226 Å². The number of aliphatic hydroxyl groups excluding tert-OH is 1. The number of nitrogens with one attached hydrogen (secondary N) is 1. The molecule has 388 valence electrons. The molecule has 0 aliphatic heterocycles. The summed E-state index contributed by atoms with van der Waals surface area (Å²) in [5.74, 6) is -0.335. The smallest absolute Gasteiger partial charge is 0.268 e. The number of nitrogens with zero attached hydrogens (tertiary/aromatic N) is 1. The number of carbonyl (C=O) groups is 1. The third kappa shape index (κ3) is 51.4. The maximum absolute atomic E-state index is 12.8. The molecule has 0 fully saturated rings. The van der Waals surface area contributed by atoms with Gasteiger partial charge in [-0.1, -0.05) is 247 Å². The van der Waals surface area contributed by atoms with Crippen LogP contribution in [0.3, 0.4) is 0 Å². The number of allylic oxidation sites excluding steroid dienone is 12. The van der Waals surface area contributed by atoms with Crippen molar-refractivity contribution in [1.82, 2.24) is 5.32 Å². The van der Waals surface area contributed by atoms with E-state index in [0.717, 1.165) is 44.9 Å². The molecule has 0 rings (SSSR count). The zero-order valence-corrected chi connectivity index (χ0v) is 45.0. The molecule has 0 spiro atoms. The molecule has 3 unspecified atom stereocenters. The average Bonchev–Trinajstić information content (AvgIpc) is 3.29. The van der Waals surface area contributed by atoms with Gasteiger partial charge >= 0.3 is 0 Å². The molecule has 1 amide bonds. The monoisotopic (exact) mass is 957 g/mol. The number of quaternary nitrogens is 1. The molecule has 67 heavy (non-hydrogen) atoms. The van der Waals surface area contributed by atoms with Crippen LogP contribution in [0.2, 0.25) is 0 Å². The number of hydrogen-bond donors (Lipinski definition) is 2. The van der Waals surface area contributed by atoms with Gasteiger partial charge in [-0.05, 0) is 57.8 Å². The van der Waals surface area contributed by atoms with Crippen LogP contribution in [0.25, 0.3) is 0 Å². The minimum absolute atomic E-state index is 0.0268. The van der Waals surface area contributed by atoms with Gasteiger partial charge in [0.2, 0.25) is 5.91 Å². The molecular weight excluding hydrogens is 852 g/mol. The maximum Gasteiger partial charge on any atom is 0.268 e. The van der Waals surface area contributed by atoms with Crippen molar-refractivity contribution in [3.05, 3.63) is 85.1 Å². The molecule has 0 saturated heterocycles. The maximum atomic E-state index is 12.8. The first-order chi connectivity index (χ1) is 32.5. The van der Waals surface area contributed by atoms with E-state index in [1.165, 1.54) is 154 Å². The molecule has 0 aliphatic rings. The molecule has 0 aliphatic carbocycles. The standard InChI is InChI=1S/C58H105N2O6P/c1-6-8-10-12-14-16-18-20-22-23-24-25-26-27-28-29-30-31-32-33-34-35-36-38-39-41-43-45-47-49-51-57(61)56(55-66-67(63,64)65-54-53-60(3,4)5)59-58(62)52-50-48-46-44-42-40-37-21-19-17-15-13-11-9-7-2/h9,11,15,17,21,37,41-44,48-51,56-57,61H,6-8,10,12-14,16,18-20,22-36,38-40,45-47,52-55H2,1-5H3,(H-,59,62,63,64)/b11-9-,17-15-,37-21-,43-41+,44-42-,50-48-,51-49+. The highest BCUT2D eigenvalue weighted by Crippen LogP contribution is 2.38. The van der Waals surface area contributed by atoms with Crippen LogP contribution in [-0.4, -0.2) is 68.5 Å². The number of aliphatic hydroxyl groups is 1. The fourth-order valence-electron chi connectivity index (χ4n) is 7.59. The molecule has 2 N–H and O–H groups in total. The zero-order chi connectivity index (χ0) is 49.2. The van der Waals surface area contributed by atoms with Crippen LogP contribution < -0.4 is 10.2 Å². The molecule has 0 heterocycles. The van der Waals surface area contributed by atoms with Crippen molar-refractivity contribution in [2.24, 2.45) is 0 Å². The fourth-order valence-corrected chi connectivity index (χ4v) is 8.31. The zero-order valence-electron chi connectivity index (χ0n) is 44.1. The van der Waals surface area contributed by atoms with E-state index in [0.29, 0.717) is 17.4 Å². The third-order valence-electron chi connectivity index (χ3n) is 11.9. The Morgan fingerprint density at radius 2 is 0.925 bits per heavy atom. The Bertz CT molecular complexity index is 1360. The summed E-state index contributed by atoms with van der Waals surface area (Å²) in [4.78, 5) is 25.3. The fraction of sp³-hybridized carbons (Fsp3) is 0.741. The molecule has 0 aromatic carbocycles. The number of likely N-dealkylation sites (N-methyl/N-ethyl adjacent to an activating group) is 1. The highest BCUT2D eigenvalue weighted by molar-refractivity contribution is 7.45. The molecule has 0 aromatic rings. The third-order valence-corrected chi connectivity index (χ3v) is 12.8. The minimum Gasteiger partial charge on any atom is -0.756 e. The first kappa shape index (κ1) is 64.7. The second-order valence-corrected chi connectivity index (χ2v) is 21.0. The second-order valence-electron chi connectivity index (χ2n) is 19.6. The van der Waals surface area contributed by atoms with Crippen LogP contribution in [0.5, 0.6) is 0 Å². The lowest BCUT2D eigenvalue weighted by Gasteiger charge is -2.29. The summed E-state index contributed by atoms with van der Waals surface area (Å²) in [5.41, 5.74) is 0. The topological polar surface area (TPSA) is 108 Å². The Morgan fingerprint density at radius 1 is 0.537 bits per heavy atom. The molecule has 0 radical (unpaired) electrons. The summed E-state index contributed by atoms with van der Waals surface area (Å²) in [6, 6.07) is -0.963. The predicted octanol–water partition coefficient (Wildman–Crippen LogP) is 15.8. The van der Waals surface area contributed by atoms with Crippen LogP contribution in [0, 0.1) is 0 Å². The number of rotatable bonds is 49. The number of unbranched alkanes of at least 4 members (excludes halogenated alkanes) is 25. The molecule has 0 saturated carbocycles. The SMILES string of the molecule is CC/C=C\C/C=C\C/C=C\C/C=C\C/C=C\CC(=O)NC(COP(=O)([O-])OCC[N+](C)(C)C)C(O)/C=C/CC/C=C/CCCCCCCCCCCCCCCCCCCCCCCCCC. The summed E-state index contributed by atoms with van der Waals surface area (Å²) >= 11 is 0. The lowest BCUT2D eigenvalue weighted by molar-refractivity contribution is -0.870. The van der Waals surface area contributed by atoms with Crippen molar-refractivity contribution >= 4 is 13.7 Å². The summed E-state index contributed by atoms with van der Waals surface area (Å²) < 4.78 is 23.2. The van der Waals surface area contributed by atoms with E-state index in [4.69, 9.17) is 9.05 Å². The second kappa shape index (κ2) is 48.7. The minimum atomic E-state index is -4.63. The van der Waals surface area contributed by atoms with Crippen molar-refractivity contribution in [3.8, 4) is 0 Å². The van der Waals surface area contributed by atoms with Crippen molar-refractivity contribution in [3.63, 3.8) is 0 Å². The van der Waals surface area contributed by atoms with E-state index in [-0.39, 0.29) is 18.9 Å². The van der Waals surface area contributed by atoms with Crippen LogP contribution in [0.4, 0.5) is 0 Å². The van der Waals surface area contributed by atoms with E-state index in [9.17, 15) is 19.4 Å². The van der Waals surface area contributed by atoms with Gasteiger partial charge in [0, 0.05) is 6.42 Å². The number of carbonyl (C=O) groups excluding carboxylic acids is 1. The molecular formula is C58H105N2O6P. The van der Waals surface area contributed by atoms with Gasteiger partial charge in [0.1, 0.15) is 13.2 Å². The Balaban J connectivity index is 4.27. The highest BCUT2D eigenvalue weighted by atomic mass is 31.2. The lowest BCUT2D eigenvalue weighted by Crippen LogP contribution is -2.45. The summed E-state index contributed by atoms with van der Waals surface area (Å²) in [6.45, 7) is 4.44. The molecule has 0 bridgehead atoms. The van der Waals surface area contributed by atoms with E-state index >= 15 is 0 Å². The van der Waals surface area contributed by atoms with Gasteiger partial charge < -0.3 is 28.8 Å². The van der Waals surface area contributed by atoms with Crippen molar-refractivity contribution in [2.75, 3.05) is 40.9 Å². The van der Waals surface area contributed by atoms with E-state index in [2.05, 4.69) is 79.9 Å². The molecule has 9 heteroatoms. The predicted molar refractivity (Wildman–Crippen MR) is 288 cm³/mol. The van der Waals surface area contributed by atoms with E-state index in [1.54, 1.807) is 12.2 Å².